The number of rotatable bonds is 11. The lowest BCUT2D eigenvalue weighted by molar-refractivity contribution is -0.139. The number of carbonyl (C=O) groups excluding carboxylic acids is 1. The van der Waals surface area contributed by atoms with E-state index in [0.717, 1.165) is 24.0 Å². The number of carbonyl (C=O) groups is 1. The van der Waals surface area contributed by atoms with Crippen LogP contribution in [0.5, 0.6) is 5.75 Å². The fourth-order valence-corrected chi connectivity index (χ4v) is 5.45. The lowest BCUT2D eigenvalue weighted by atomic mass is 9.96. The Labute approximate surface area is 247 Å². The van der Waals surface area contributed by atoms with E-state index in [4.69, 9.17) is 31.2 Å². The van der Waals surface area contributed by atoms with Gasteiger partial charge in [0.1, 0.15) is 24.2 Å². The van der Waals surface area contributed by atoms with Crippen molar-refractivity contribution in [1.29, 1.82) is 0 Å². The van der Waals surface area contributed by atoms with Gasteiger partial charge in [-0.3, -0.25) is 0 Å². The van der Waals surface area contributed by atoms with E-state index in [1.165, 1.54) is 17.8 Å². The average Bonchev–Trinajstić information content (AvgIpc) is 3.38. The second kappa shape index (κ2) is 13.2. The summed E-state index contributed by atoms with van der Waals surface area (Å²) in [5.74, 6) is 0.971. The van der Waals surface area contributed by atoms with Gasteiger partial charge in [-0.1, -0.05) is 85.2 Å². The van der Waals surface area contributed by atoms with Crippen LogP contribution in [0.2, 0.25) is 5.02 Å². The van der Waals surface area contributed by atoms with Gasteiger partial charge in [0.15, 0.2) is 0 Å². The zero-order chi connectivity index (χ0) is 28.8. The molecule has 0 amide bonds. The molecule has 7 nitrogen and oxygen atoms in total. The molecule has 1 unspecified atom stereocenters. The summed E-state index contributed by atoms with van der Waals surface area (Å²) in [5, 5.41) is 8.93. The van der Waals surface area contributed by atoms with Crippen LogP contribution >= 0.6 is 23.4 Å². The predicted molar refractivity (Wildman–Crippen MR) is 159 cm³/mol. The Morgan fingerprint density at radius 2 is 1.88 bits per heavy atom. The lowest BCUT2D eigenvalue weighted by Gasteiger charge is -2.28. The Morgan fingerprint density at radius 3 is 2.61 bits per heavy atom. The van der Waals surface area contributed by atoms with Gasteiger partial charge in [0.2, 0.25) is 11.1 Å². The zero-order valence-electron chi connectivity index (χ0n) is 22.8. The van der Waals surface area contributed by atoms with Gasteiger partial charge in [-0.15, -0.1) is 5.10 Å². The van der Waals surface area contributed by atoms with E-state index in [1.54, 1.807) is 28.9 Å². The van der Waals surface area contributed by atoms with Crippen molar-refractivity contribution >= 4 is 35.3 Å². The largest absolute Gasteiger partial charge is 0.489 e. The number of benzene rings is 3. The van der Waals surface area contributed by atoms with Gasteiger partial charge >= 0.3 is 5.97 Å². The first-order chi connectivity index (χ1) is 19.9. The summed E-state index contributed by atoms with van der Waals surface area (Å²) in [6, 6.07) is 21.4. The second-order valence-corrected chi connectivity index (χ2v) is 10.9. The summed E-state index contributed by atoms with van der Waals surface area (Å²) in [5.41, 5.74) is 3.38. The summed E-state index contributed by atoms with van der Waals surface area (Å²) in [7, 11) is 0. The third-order valence-corrected chi connectivity index (χ3v) is 7.90. The van der Waals surface area contributed by atoms with Crippen molar-refractivity contribution in [2.24, 2.45) is 0 Å². The number of esters is 1. The number of unbranched alkanes of at least 4 members (excludes halogenated alkanes) is 1. The molecule has 1 aromatic heterocycles. The standard InChI is InChI=1S/C31H30ClFN4O3S/c1-3-4-17-39-29(38)27-20(2)34-30-35-31(41-19-21-9-6-5-7-10-21)36-37(30)28(27)22-13-15-23(16-14-22)40-18-24-25(32)11-8-12-26(24)33/h5-16,28H,3-4,17-19H2,1-2H3,(H,34,35,36). The smallest absolute Gasteiger partial charge is 0.338 e. The Bertz CT molecular complexity index is 1520. The highest BCUT2D eigenvalue weighted by Crippen LogP contribution is 2.37. The van der Waals surface area contributed by atoms with Crippen molar-refractivity contribution < 1.29 is 18.7 Å². The van der Waals surface area contributed by atoms with Crippen LogP contribution in [0.1, 0.15) is 49.4 Å². The van der Waals surface area contributed by atoms with Crippen LogP contribution in [0.4, 0.5) is 10.3 Å². The van der Waals surface area contributed by atoms with Gasteiger partial charge in [0.05, 0.1) is 17.2 Å². The summed E-state index contributed by atoms with van der Waals surface area (Å²) in [6.07, 6.45) is 1.70. The van der Waals surface area contributed by atoms with Crippen LogP contribution < -0.4 is 10.1 Å². The van der Waals surface area contributed by atoms with Gasteiger partial charge < -0.3 is 14.8 Å². The molecule has 0 saturated heterocycles. The molecular formula is C31H30ClFN4O3S. The van der Waals surface area contributed by atoms with E-state index in [2.05, 4.69) is 17.4 Å². The number of aromatic nitrogens is 3. The lowest BCUT2D eigenvalue weighted by Crippen LogP contribution is -2.29. The van der Waals surface area contributed by atoms with Crippen molar-refractivity contribution in [2.75, 3.05) is 11.9 Å². The first kappa shape index (κ1) is 28.7. The molecule has 4 aromatic rings. The third kappa shape index (κ3) is 6.74. The van der Waals surface area contributed by atoms with E-state index < -0.39 is 17.8 Å². The Kier molecular flexibility index (Phi) is 9.26. The van der Waals surface area contributed by atoms with Crippen molar-refractivity contribution in [3.63, 3.8) is 0 Å². The molecule has 1 aliphatic rings. The highest BCUT2D eigenvalue weighted by atomic mass is 35.5. The number of anilines is 1. The highest BCUT2D eigenvalue weighted by molar-refractivity contribution is 7.98. The maximum absolute atomic E-state index is 14.2. The van der Waals surface area contributed by atoms with E-state index >= 15 is 0 Å². The second-order valence-electron chi connectivity index (χ2n) is 9.55. The predicted octanol–water partition coefficient (Wildman–Crippen LogP) is 7.57. The van der Waals surface area contributed by atoms with Gasteiger partial charge in [-0.2, -0.15) is 4.98 Å². The van der Waals surface area contributed by atoms with E-state index in [-0.39, 0.29) is 6.61 Å². The molecule has 2 heterocycles. The Hall–Kier alpha value is -3.82. The molecule has 1 aliphatic heterocycles. The SMILES string of the molecule is CCCCOC(=O)C1=C(C)Nc2nc(SCc3ccccc3)nn2C1c1ccc(OCc2c(F)cccc2Cl)cc1. The van der Waals surface area contributed by atoms with Crippen LogP contribution in [-0.4, -0.2) is 27.3 Å². The monoisotopic (exact) mass is 592 g/mol. The minimum absolute atomic E-state index is 0.0125. The van der Waals surface area contributed by atoms with Crippen LogP contribution in [0.3, 0.4) is 0 Å². The summed E-state index contributed by atoms with van der Waals surface area (Å²) < 4.78 is 27.4. The first-order valence-corrected chi connectivity index (χ1v) is 14.7. The minimum Gasteiger partial charge on any atom is -0.489 e. The molecule has 0 saturated carbocycles. The molecule has 0 spiro atoms. The van der Waals surface area contributed by atoms with Crippen LogP contribution in [-0.2, 0) is 21.9 Å². The number of fused-ring (bicyclic) bond motifs is 1. The molecule has 212 valence electrons. The molecule has 1 N–H and O–H groups in total. The first-order valence-electron chi connectivity index (χ1n) is 13.4. The average molecular weight is 593 g/mol. The van der Waals surface area contributed by atoms with Gasteiger partial charge in [-0.25, -0.2) is 13.9 Å². The van der Waals surface area contributed by atoms with Gasteiger partial charge in [0.25, 0.3) is 0 Å². The van der Waals surface area contributed by atoms with Crippen molar-refractivity contribution in [1.82, 2.24) is 14.8 Å². The Balaban J connectivity index is 1.41. The van der Waals surface area contributed by atoms with E-state index in [1.807, 2.05) is 44.2 Å². The normalized spacial score (nSPS) is 14.4. The molecule has 0 aliphatic carbocycles. The topological polar surface area (TPSA) is 78.3 Å². The number of hydrogen-bond acceptors (Lipinski definition) is 7. The molecule has 1 atom stereocenters. The van der Waals surface area contributed by atoms with E-state index in [9.17, 15) is 9.18 Å². The molecular weight excluding hydrogens is 563 g/mol. The summed E-state index contributed by atoms with van der Waals surface area (Å²) in [6.45, 7) is 4.21. The quantitative estimate of drug-likeness (QED) is 0.109. The molecule has 5 rings (SSSR count). The van der Waals surface area contributed by atoms with Crippen molar-refractivity contribution in [3.05, 3.63) is 112 Å². The summed E-state index contributed by atoms with van der Waals surface area (Å²) in [4.78, 5) is 18.0. The molecule has 41 heavy (non-hydrogen) atoms. The zero-order valence-corrected chi connectivity index (χ0v) is 24.3. The molecule has 0 fully saturated rings. The maximum Gasteiger partial charge on any atom is 0.338 e. The number of nitrogens with zero attached hydrogens (tertiary/aromatic N) is 3. The third-order valence-electron chi connectivity index (χ3n) is 6.64. The summed E-state index contributed by atoms with van der Waals surface area (Å²) >= 11 is 7.66. The maximum atomic E-state index is 14.2. The highest BCUT2D eigenvalue weighted by Gasteiger charge is 2.35. The number of hydrogen-bond donors (Lipinski definition) is 1. The Morgan fingerprint density at radius 1 is 1.10 bits per heavy atom. The number of ether oxygens (including phenoxy) is 2. The van der Waals surface area contributed by atoms with Crippen molar-refractivity contribution in [3.8, 4) is 5.75 Å². The van der Waals surface area contributed by atoms with Gasteiger partial charge in [-0.05, 0) is 48.7 Å². The molecule has 10 heteroatoms. The van der Waals surface area contributed by atoms with Crippen LogP contribution in [0.15, 0.2) is 89.2 Å². The molecule has 0 radical (unpaired) electrons. The molecule has 3 aromatic carbocycles. The fourth-order valence-electron chi connectivity index (χ4n) is 4.45. The number of halogens is 2. The fraction of sp³-hybridized carbons (Fsp3) is 0.258. The van der Waals surface area contributed by atoms with Crippen LogP contribution in [0, 0.1) is 5.82 Å². The number of allylic oxidation sites excluding steroid dienone is 1. The number of thioether (sulfide) groups is 1. The van der Waals surface area contributed by atoms with Gasteiger partial charge in [0, 0.05) is 17.0 Å². The van der Waals surface area contributed by atoms with Crippen molar-refractivity contribution in [2.45, 2.75) is 50.2 Å². The van der Waals surface area contributed by atoms with Crippen LogP contribution in [0.25, 0.3) is 0 Å². The minimum atomic E-state index is -0.561. The molecule has 0 bridgehead atoms. The van der Waals surface area contributed by atoms with E-state index in [0.29, 0.717) is 51.1 Å². The number of nitrogens with one attached hydrogen (secondary N) is 1.